The molecule has 0 radical (unpaired) electrons. The Morgan fingerprint density at radius 1 is 0.944 bits per heavy atom. The molecule has 0 unspecified atom stereocenters. The van der Waals surface area contributed by atoms with Crippen molar-refractivity contribution in [2.45, 2.75) is 19.9 Å². The molecule has 2 aromatic heterocycles. The number of carbonyl (C=O) groups is 1. The van der Waals surface area contributed by atoms with Gasteiger partial charge in [-0.15, -0.1) is 10.2 Å². The predicted molar refractivity (Wildman–Crippen MR) is 143 cm³/mol. The summed E-state index contributed by atoms with van der Waals surface area (Å²) < 4.78 is 2.02. The number of carbonyl (C=O) groups excluding carboxylic acids is 1. The number of benzene rings is 3. The largest absolute Gasteiger partial charge is 0.338 e. The smallest absolute Gasteiger partial charge is 0.254 e. The Kier molecular flexibility index (Phi) is 5.57. The van der Waals surface area contributed by atoms with Crippen LogP contribution in [-0.4, -0.2) is 56.1 Å². The molecule has 3 heterocycles. The van der Waals surface area contributed by atoms with E-state index in [4.69, 9.17) is 16.6 Å². The Bertz CT molecular complexity index is 1580. The van der Waals surface area contributed by atoms with Gasteiger partial charge in [0.1, 0.15) is 0 Å². The number of amides is 1. The molecule has 1 saturated heterocycles. The first kappa shape index (κ1) is 22.5. The Labute approximate surface area is 214 Å². The van der Waals surface area contributed by atoms with E-state index in [1.807, 2.05) is 89.0 Å². The molecule has 3 aromatic carbocycles. The maximum atomic E-state index is 13.2. The number of aromatic nitrogens is 4. The van der Waals surface area contributed by atoms with Gasteiger partial charge in [-0.3, -0.25) is 4.79 Å². The van der Waals surface area contributed by atoms with Crippen molar-refractivity contribution < 1.29 is 4.79 Å². The standard InChI is InChI=1S/C28H25ClN6O/c1-18-7-9-21(10-8-18)27(36)34-16-15-33(17-19(34)2)28-30-24-6-4-3-5-23(24)26-32-31-25(35(26)28)20-11-13-22(29)14-12-20/h3-14,19H,15-17H2,1-2H3/t19-/m0/s1. The minimum absolute atomic E-state index is 0.00587. The van der Waals surface area contributed by atoms with Gasteiger partial charge in [-0.1, -0.05) is 41.4 Å². The molecule has 6 rings (SSSR count). The number of piperazine rings is 1. The Morgan fingerprint density at radius 3 is 2.44 bits per heavy atom. The van der Waals surface area contributed by atoms with Gasteiger partial charge >= 0.3 is 0 Å². The van der Waals surface area contributed by atoms with Crippen LogP contribution in [0.1, 0.15) is 22.8 Å². The second-order valence-electron chi connectivity index (χ2n) is 9.28. The summed E-state index contributed by atoms with van der Waals surface area (Å²) in [6.07, 6.45) is 0. The fourth-order valence-electron chi connectivity index (χ4n) is 4.87. The van der Waals surface area contributed by atoms with E-state index in [2.05, 4.69) is 22.0 Å². The third-order valence-corrected chi connectivity index (χ3v) is 7.05. The molecule has 36 heavy (non-hydrogen) atoms. The number of rotatable bonds is 3. The van der Waals surface area contributed by atoms with E-state index in [1.165, 1.54) is 0 Å². The molecule has 8 heteroatoms. The number of nitrogens with zero attached hydrogens (tertiary/aromatic N) is 6. The molecule has 1 amide bonds. The first-order valence-electron chi connectivity index (χ1n) is 12.0. The van der Waals surface area contributed by atoms with Crippen molar-refractivity contribution in [3.63, 3.8) is 0 Å². The summed E-state index contributed by atoms with van der Waals surface area (Å²) in [6.45, 7) is 6.01. The van der Waals surface area contributed by atoms with E-state index in [0.29, 0.717) is 30.5 Å². The summed E-state index contributed by atoms with van der Waals surface area (Å²) in [5.74, 6) is 1.54. The van der Waals surface area contributed by atoms with Crippen molar-refractivity contribution in [1.82, 2.24) is 24.5 Å². The SMILES string of the molecule is Cc1ccc(C(=O)N2CCN(c3nc4ccccc4c4nnc(-c5ccc(Cl)cc5)n34)C[C@@H]2C)cc1. The highest BCUT2D eigenvalue weighted by atomic mass is 35.5. The van der Waals surface area contributed by atoms with Gasteiger partial charge in [-0.2, -0.15) is 0 Å². The first-order chi connectivity index (χ1) is 17.5. The number of hydrogen-bond donors (Lipinski definition) is 0. The molecular weight excluding hydrogens is 472 g/mol. The van der Waals surface area contributed by atoms with E-state index in [-0.39, 0.29) is 11.9 Å². The van der Waals surface area contributed by atoms with Crippen LogP contribution >= 0.6 is 11.6 Å². The summed E-state index contributed by atoms with van der Waals surface area (Å²) in [6, 6.07) is 23.3. The maximum absolute atomic E-state index is 13.2. The number of anilines is 1. The lowest BCUT2D eigenvalue weighted by atomic mass is 10.1. The van der Waals surface area contributed by atoms with E-state index < -0.39 is 0 Å². The van der Waals surface area contributed by atoms with Crippen molar-refractivity contribution in [3.8, 4) is 11.4 Å². The van der Waals surface area contributed by atoms with Crippen molar-refractivity contribution >= 4 is 40.0 Å². The molecule has 1 fully saturated rings. The Morgan fingerprint density at radius 2 is 1.69 bits per heavy atom. The van der Waals surface area contributed by atoms with Crippen LogP contribution in [0.3, 0.4) is 0 Å². The van der Waals surface area contributed by atoms with E-state index >= 15 is 0 Å². The minimum Gasteiger partial charge on any atom is -0.338 e. The van der Waals surface area contributed by atoms with Crippen LogP contribution in [0, 0.1) is 6.92 Å². The highest BCUT2D eigenvalue weighted by Gasteiger charge is 2.31. The average Bonchev–Trinajstić information content (AvgIpc) is 3.34. The van der Waals surface area contributed by atoms with Crippen LogP contribution in [0.15, 0.2) is 72.8 Å². The van der Waals surface area contributed by atoms with Crippen LogP contribution in [0.4, 0.5) is 5.95 Å². The fourth-order valence-corrected chi connectivity index (χ4v) is 4.99. The summed E-state index contributed by atoms with van der Waals surface area (Å²) in [5.41, 5.74) is 4.39. The van der Waals surface area contributed by atoms with Crippen LogP contribution < -0.4 is 4.90 Å². The molecule has 1 aliphatic heterocycles. The second-order valence-corrected chi connectivity index (χ2v) is 9.71. The highest BCUT2D eigenvalue weighted by Crippen LogP contribution is 2.30. The first-order valence-corrected chi connectivity index (χ1v) is 12.4. The molecule has 180 valence electrons. The lowest BCUT2D eigenvalue weighted by molar-refractivity contribution is 0.0673. The third kappa shape index (κ3) is 3.85. The van der Waals surface area contributed by atoms with Crippen LogP contribution in [0.25, 0.3) is 27.9 Å². The zero-order valence-electron chi connectivity index (χ0n) is 20.1. The number of hydrogen-bond acceptors (Lipinski definition) is 5. The molecule has 0 aliphatic carbocycles. The second kappa shape index (κ2) is 8.91. The highest BCUT2D eigenvalue weighted by molar-refractivity contribution is 6.30. The molecule has 1 atom stereocenters. The van der Waals surface area contributed by atoms with Gasteiger partial charge in [-0.25, -0.2) is 9.38 Å². The predicted octanol–water partition coefficient (Wildman–Crippen LogP) is 5.26. The van der Waals surface area contributed by atoms with E-state index in [1.54, 1.807) is 0 Å². The molecule has 7 nitrogen and oxygen atoms in total. The lowest BCUT2D eigenvalue weighted by Gasteiger charge is -2.40. The van der Waals surface area contributed by atoms with Gasteiger partial charge in [0.15, 0.2) is 11.5 Å². The van der Waals surface area contributed by atoms with Crippen LogP contribution in [0.2, 0.25) is 5.02 Å². The topological polar surface area (TPSA) is 66.6 Å². The van der Waals surface area contributed by atoms with Crippen molar-refractivity contribution in [1.29, 1.82) is 0 Å². The monoisotopic (exact) mass is 496 g/mol. The molecule has 0 saturated carbocycles. The van der Waals surface area contributed by atoms with Gasteiger partial charge in [0, 0.05) is 47.2 Å². The molecule has 0 spiro atoms. The fraction of sp³-hybridized carbons (Fsp3) is 0.214. The van der Waals surface area contributed by atoms with Gasteiger partial charge < -0.3 is 9.80 Å². The lowest BCUT2D eigenvalue weighted by Crippen LogP contribution is -2.54. The summed E-state index contributed by atoms with van der Waals surface area (Å²) in [4.78, 5) is 22.5. The number of aryl methyl sites for hydroxylation is 1. The molecule has 5 aromatic rings. The molecule has 1 aliphatic rings. The quantitative estimate of drug-likeness (QED) is 0.341. The van der Waals surface area contributed by atoms with Crippen molar-refractivity contribution in [2.24, 2.45) is 0 Å². The van der Waals surface area contributed by atoms with Crippen LogP contribution in [0.5, 0.6) is 0 Å². The van der Waals surface area contributed by atoms with E-state index in [9.17, 15) is 4.79 Å². The van der Waals surface area contributed by atoms with Gasteiger partial charge in [-0.05, 0) is 62.4 Å². The third-order valence-electron chi connectivity index (χ3n) is 6.80. The summed E-state index contributed by atoms with van der Waals surface area (Å²) in [5, 5.41) is 10.7. The molecule has 0 N–H and O–H groups in total. The normalized spacial score (nSPS) is 16.1. The van der Waals surface area contributed by atoms with Gasteiger partial charge in [0.05, 0.1) is 5.52 Å². The molecule has 0 bridgehead atoms. The van der Waals surface area contributed by atoms with E-state index in [0.717, 1.165) is 39.2 Å². The number of para-hydroxylation sites is 1. The Hall–Kier alpha value is -3.97. The molecular formula is C28H25ClN6O. The average molecular weight is 497 g/mol. The number of halogens is 1. The Balaban J connectivity index is 1.40. The van der Waals surface area contributed by atoms with Crippen molar-refractivity contribution in [2.75, 3.05) is 24.5 Å². The zero-order valence-corrected chi connectivity index (χ0v) is 20.9. The summed E-state index contributed by atoms with van der Waals surface area (Å²) in [7, 11) is 0. The zero-order chi connectivity index (χ0) is 24.8. The van der Waals surface area contributed by atoms with Gasteiger partial charge in [0.25, 0.3) is 5.91 Å². The minimum atomic E-state index is 0.00587. The van der Waals surface area contributed by atoms with Gasteiger partial charge in [0.2, 0.25) is 5.95 Å². The summed E-state index contributed by atoms with van der Waals surface area (Å²) >= 11 is 6.13. The maximum Gasteiger partial charge on any atom is 0.254 e. The number of fused-ring (bicyclic) bond motifs is 3. The van der Waals surface area contributed by atoms with Crippen molar-refractivity contribution in [3.05, 3.63) is 88.9 Å². The van der Waals surface area contributed by atoms with Crippen LogP contribution in [-0.2, 0) is 0 Å².